The minimum Gasteiger partial charge on any atom is -0.349 e. The van der Waals surface area contributed by atoms with Gasteiger partial charge in [0.15, 0.2) is 0 Å². The number of amides is 1. The number of benzene rings is 1. The Morgan fingerprint density at radius 1 is 1.14 bits per heavy atom. The smallest absolute Gasteiger partial charge is 0.251 e. The molecular weight excluding hydrogens is 278 g/mol. The van der Waals surface area contributed by atoms with Crippen LogP contribution in [0.5, 0.6) is 0 Å². The van der Waals surface area contributed by atoms with Crippen molar-refractivity contribution in [3.8, 4) is 5.69 Å². The lowest BCUT2D eigenvalue weighted by Gasteiger charge is -2.21. The number of carbonyl (C=O) groups excluding carboxylic acids is 1. The summed E-state index contributed by atoms with van der Waals surface area (Å²) in [5.74, 6) is -0.0134. The number of carbonyl (C=O) groups is 1. The van der Waals surface area contributed by atoms with E-state index in [9.17, 15) is 4.79 Å². The molecule has 1 aliphatic rings. The van der Waals surface area contributed by atoms with Crippen LogP contribution in [0.2, 0.25) is 0 Å². The van der Waals surface area contributed by atoms with Crippen molar-refractivity contribution in [3.05, 3.63) is 36.2 Å². The van der Waals surface area contributed by atoms with Crippen molar-refractivity contribution in [1.29, 1.82) is 0 Å². The molecule has 1 fully saturated rings. The fourth-order valence-electron chi connectivity index (χ4n) is 2.94. The second-order valence-corrected chi connectivity index (χ2v) is 5.82. The summed E-state index contributed by atoms with van der Waals surface area (Å²) in [6.45, 7) is 0. The zero-order valence-electron chi connectivity index (χ0n) is 12.6. The molecule has 0 bridgehead atoms. The van der Waals surface area contributed by atoms with Crippen molar-refractivity contribution in [3.63, 3.8) is 0 Å². The van der Waals surface area contributed by atoms with E-state index in [-0.39, 0.29) is 5.91 Å². The standard InChI is InChI=1S/C16H21N5O/c22-16(18-14-8-4-2-1-3-5-9-14)13-7-6-10-15(11-13)21-12-17-19-20-21/h6-7,10-12,14H,1-5,8-9H2,(H,18,22). The number of nitrogens with one attached hydrogen (secondary N) is 1. The lowest BCUT2D eigenvalue weighted by Crippen LogP contribution is -2.35. The molecule has 0 aliphatic heterocycles. The molecule has 1 N–H and O–H groups in total. The molecule has 1 heterocycles. The molecule has 1 amide bonds. The Morgan fingerprint density at radius 2 is 1.91 bits per heavy atom. The highest BCUT2D eigenvalue weighted by molar-refractivity contribution is 5.94. The minimum atomic E-state index is -0.0134. The first-order chi connectivity index (χ1) is 10.8. The van der Waals surface area contributed by atoms with Gasteiger partial charge in [-0.3, -0.25) is 4.79 Å². The van der Waals surface area contributed by atoms with Crippen LogP contribution in [0, 0.1) is 0 Å². The molecule has 0 spiro atoms. The van der Waals surface area contributed by atoms with Crippen molar-refractivity contribution in [1.82, 2.24) is 25.5 Å². The van der Waals surface area contributed by atoms with Crippen LogP contribution < -0.4 is 5.32 Å². The zero-order valence-corrected chi connectivity index (χ0v) is 12.6. The quantitative estimate of drug-likeness (QED) is 0.945. The maximum Gasteiger partial charge on any atom is 0.251 e. The van der Waals surface area contributed by atoms with Crippen LogP contribution in [-0.4, -0.2) is 32.2 Å². The highest BCUT2D eigenvalue weighted by Crippen LogP contribution is 2.18. The highest BCUT2D eigenvalue weighted by atomic mass is 16.1. The van der Waals surface area contributed by atoms with E-state index in [0.717, 1.165) is 18.5 Å². The first-order valence-electron chi connectivity index (χ1n) is 7.97. The van der Waals surface area contributed by atoms with E-state index < -0.39 is 0 Å². The van der Waals surface area contributed by atoms with Crippen LogP contribution in [0.25, 0.3) is 5.69 Å². The molecule has 1 aliphatic carbocycles. The summed E-state index contributed by atoms with van der Waals surface area (Å²) in [7, 11) is 0. The third kappa shape index (κ3) is 3.69. The molecule has 6 heteroatoms. The van der Waals surface area contributed by atoms with Crippen LogP contribution in [0.1, 0.15) is 55.3 Å². The summed E-state index contributed by atoms with van der Waals surface area (Å²) >= 11 is 0. The van der Waals surface area contributed by atoms with Gasteiger partial charge in [0.1, 0.15) is 6.33 Å². The van der Waals surface area contributed by atoms with Crippen LogP contribution in [0.4, 0.5) is 0 Å². The molecule has 0 unspecified atom stereocenters. The second kappa shape index (κ2) is 7.15. The van der Waals surface area contributed by atoms with Gasteiger partial charge in [-0.2, -0.15) is 0 Å². The number of nitrogens with zero attached hydrogens (tertiary/aromatic N) is 4. The number of hydrogen-bond donors (Lipinski definition) is 1. The van der Waals surface area contributed by atoms with Gasteiger partial charge < -0.3 is 5.32 Å². The number of tetrazole rings is 1. The van der Waals surface area contributed by atoms with Gasteiger partial charge in [0.25, 0.3) is 5.91 Å². The summed E-state index contributed by atoms with van der Waals surface area (Å²) in [6.07, 6.45) is 9.98. The third-order valence-corrected chi connectivity index (χ3v) is 4.16. The molecule has 2 aromatic rings. The fourth-order valence-corrected chi connectivity index (χ4v) is 2.94. The lowest BCUT2D eigenvalue weighted by atomic mass is 9.96. The van der Waals surface area contributed by atoms with Gasteiger partial charge in [0, 0.05) is 11.6 Å². The summed E-state index contributed by atoms with van der Waals surface area (Å²) < 4.78 is 1.55. The van der Waals surface area contributed by atoms with Crippen molar-refractivity contribution in [2.24, 2.45) is 0 Å². The van der Waals surface area contributed by atoms with Crippen LogP contribution in [0.15, 0.2) is 30.6 Å². The van der Waals surface area contributed by atoms with E-state index in [1.165, 1.54) is 38.4 Å². The maximum absolute atomic E-state index is 12.5. The van der Waals surface area contributed by atoms with E-state index in [1.807, 2.05) is 24.3 Å². The molecule has 1 saturated carbocycles. The van der Waals surface area contributed by atoms with E-state index in [0.29, 0.717) is 11.6 Å². The van der Waals surface area contributed by atoms with Crippen molar-refractivity contribution < 1.29 is 4.79 Å². The Bertz CT molecular complexity index is 603. The topological polar surface area (TPSA) is 72.7 Å². The SMILES string of the molecule is O=C(NC1CCCCCCC1)c1cccc(-n2cnnn2)c1. The highest BCUT2D eigenvalue weighted by Gasteiger charge is 2.15. The van der Waals surface area contributed by atoms with Gasteiger partial charge in [0.2, 0.25) is 0 Å². The van der Waals surface area contributed by atoms with E-state index in [4.69, 9.17) is 0 Å². The van der Waals surface area contributed by atoms with Gasteiger partial charge >= 0.3 is 0 Å². The first kappa shape index (κ1) is 14.7. The largest absolute Gasteiger partial charge is 0.349 e. The Balaban J connectivity index is 1.68. The molecule has 1 aromatic heterocycles. The average molecular weight is 299 g/mol. The molecule has 3 rings (SSSR count). The summed E-state index contributed by atoms with van der Waals surface area (Å²) in [6, 6.07) is 7.66. The molecule has 0 radical (unpaired) electrons. The second-order valence-electron chi connectivity index (χ2n) is 5.82. The summed E-state index contributed by atoms with van der Waals surface area (Å²) in [4.78, 5) is 12.5. The zero-order chi connectivity index (χ0) is 15.2. The van der Waals surface area contributed by atoms with Gasteiger partial charge in [-0.05, 0) is 41.5 Å². The minimum absolute atomic E-state index is 0.0134. The molecule has 0 atom stereocenters. The van der Waals surface area contributed by atoms with Crippen molar-refractivity contribution >= 4 is 5.91 Å². The van der Waals surface area contributed by atoms with E-state index >= 15 is 0 Å². The van der Waals surface area contributed by atoms with Gasteiger partial charge in [-0.1, -0.05) is 38.2 Å². The van der Waals surface area contributed by atoms with Crippen molar-refractivity contribution in [2.45, 2.75) is 51.0 Å². The molecular formula is C16H21N5O. The first-order valence-corrected chi connectivity index (χ1v) is 7.97. The molecule has 116 valence electrons. The monoisotopic (exact) mass is 299 g/mol. The molecule has 22 heavy (non-hydrogen) atoms. The van der Waals surface area contributed by atoms with E-state index in [1.54, 1.807) is 4.68 Å². The van der Waals surface area contributed by atoms with Gasteiger partial charge in [-0.25, -0.2) is 4.68 Å². The van der Waals surface area contributed by atoms with Gasteiger partial charge in [0.05, 0.1) is 5.69 Å². The number of aromatic nitrogens is 4. The van der Waals surface area contributed by atoms with E-state index in [2.05, 4.69) is 20.8 Å². The molecule has 1 aromatic carbocycles. The van der Waals surface area contributed by atoms with Crippen LogP contribution in [0.3, 0.4) is 0 Å². The lowest BCUT2D eigenvalue weighted by molar-refractivity contribution is 0.0930. The predicted molar refractivity (Wildman–Crippen MR) is 82.7 cm³/mol. The third-order valence-electron chi connectivity index (χ3n) is 4.16. The van der Waals surface area contributed by atoms with Crippen LogP contribution in [-0.2, 0) is 0 Å². The summed E-state index contributed by atoms with van der Waals surface area (Å²) in [5.41, 5.74) is 1.44. The Morgan fingerprint density at radius 3 is 2.64 bits per heavy atom. The fraction of sp³-hybridized carbons (Fsp3) is 0.500. The maximum atomic E-state index is 12.5. The Kier molecular flexibility index (Phi) is 4.78. The number of hydrogen-bond acceptors (Lipinski definition) is 4. The molecule has 6 nitrogen and oxygen atoms in total. The van der Waals surface area contributed by atoms with Gasteiger partial charge in [-0.15, -0.1) is 5.10 Å². The normalized spacial score (nSPS) is 16.7. The van der Waals surface area contributed by atoms with Crippen LogP contribution >= 0.6 is 0 Å². The Hall–Kier alpha value is -2.24. The molecule has 0 saturated heterocycles. The van der Waals surface area contributed by atoms with Crippen molar-refractivity contribution in [2.75, 3.05) is 0 Å². The summed E-state index contributed by atoms with van der Waals surface area (Å²) in [5, 5.41) is 14.3. The average Bonchev–Trinajstić information content (AvgIpc) is 3.04. The predicted octanol–water partition coefficient (Wildman–Crippen LogP) is 2.51. The number of rotatable bonds is 3. The Labute approximate surface area is 129 Å².